The van der Waals surface area contributed by atoms with Crippen LogP contribution in [0, 0.1) is 5.92 Å². The van der Waals surface area contributed by atoms with Crippen molar-refractivity contribution in [2.75, 3.05) is 13.2 Å². The molecule has 0 amide bonds. The molecule has 2 heteroatoms. The molecule has 1 atom stereocenters. The van der Waals surface area contributed by atoms with Crippen LogP contribution >= 0.6 is 0 Å². The van der Waals surface area contributed by atoms with Crippen LogP contribution in [-0.4, -0.2) is 24.4 Å². The minimum Gasteiger partial charge on any atom is -0.392 e. The molecule has 0 spiro atoms. The Morgan fingerprint density at radius 1 is 1.13 bits per heavy atom. The normalized spacial score (nSPS) is 29.7. The Morgan fingerprint density at radius 2 is 1.93 bits per heavy atom. The average molecular weight is 210 g/mol. The van der Waals surface area contributed by atoms with E-state index >= 15 is 0 Å². The fraction of sp³-hybridized carbons (Fsp3) is 0.846. The zero-order valence-corrected chi connectivity index (χ0v) is 9.45. The molecule has 0 aromatic carbocycles. The van der Waals surface area contributed by atoms with Crippen molar-refractivity contribution in [1.29, 1.82) is 0 Å². The Bertz CT molecular complexity index is 211. The number of aliphatic hydroxyl groups excluding tert-OH is 1. The van der Waals surface area contributed by atoms with Gasteiger partial charge in [0.05, 0.1) is 12.7 Å². The van der Waals surface area contributed by atoms with Gasteiger partial charge in [0, 0.05) is 6.61 Å². The van der Waals surface area contributed by atoms with Crippen molar-refractivity contribution in [1.82, 2.24) is 0 Å². The van der Waals surface area contributed by atoms with E-state index in [1.54, 1.807) is 0 Å². The topological polar surface area (TPSA) is 29.5 Å². The smallest absolute Gasteiger partial charge is 0.0760 e. The highest BCUT2D eigenvalue weighted by Crippen LogP contribution is 2.30. The Kier molecular flexibility index (Phi) is 4.21. The van der Waals surface area contributed by atoms with Crippen LogP contribution in [0.4, 0.5) is 0 Å². The molecule has 1 heterocycles. The van der Waals surface area contributed by atoms with Crippen LogP contribution in [0.1, 0.15) is 44.9 Å². The number of hydrogen-bond acceptors (Lipinski definition) is 2. The fourth-order valence-electron chi connectivity index (χ4n) is 2.76. The largest absolute Gasteiger partial charge is 0.392 e. The maximum absolute atomic E-state index is 9.41. The van der Waals surface area contributed by atoms with Crippen LogP contribution in [0.3, 0.4) is 0 Å². The van der Waals surface area contributed by atoms with Gasteiger partial charge in [-0.25, -0.2) is 0 Å². The van der Waals surface area contributed by atoms with Gasteiger partial charge in [-0.2, -0.15) is 0 Å². The van der Waals surface area contributed by atoms with E-state index in [1.807, 2.05) is 0 Å². The second-order valence-electron chi connectivity index (χ2n) is 4.79. The van der Waals surface area contributed by atoms with E-state index in [0.717, 1.165) is 13.0 Å². The number of aliphatic hydroxyl groups is 1. The summed E-state index contributed by atoms with van der Waals surface area (Å²) in [5, 5.41) is 9.41. The van der Waals surface area contributed by atoms with Crippen LogP contribution in [-0.2, 0) is 4.74 Å². The van der Waals surface area contributed by atoms with Crippen LogP contribution in [0.2, 0.25) is 0 Å². The fourth-order valence-corrected chi connectivity index (χ4v) is 2.76. The van der Waals surface area contributed by atoms with Gasteiger partial charge in [0.15, 0.2) is 0 Å². The van der Waals surface area contributed by atoms with Gasteiger partial charge < -0.3 is 9.84 Å². The van der Waals surface area contributed by atoms with E-state index < -0.39 is 0 Å². The van der Waals surface area contributed by atoms with Crippen LogP contribution < -0.4 is 0 Å². The first-order chi connectivity index (χ1) is 7.40. The first kappa shape index (κ1) is 11.2. The summed E-state index contributed by atoms with van der Waals surface area (Å²) in [7, 11) is 0. The molecule has 1 saturated carbocycles. The summed E-state index contributed by atoms with van der Waals surface area (Å²) < 4.78 is 5.59. The van der Waals surface area contributed by atoms with Crippen molar-refractivity contribution >= 4 is 0 Å². The second-order valence-corrected chi connectivity index (χ2v) is 4.79. The highest BCUT2D eigenvalue weighted by Gasteiger charge is 2.20. The minimum absolute atomic E-state index is 0.227. The van der Waals surface area contributed by atoms with Crippen LogP contribution in [0.25, 0.3) is 0 Å². The molecule has 86 valence electrons. The molecule has 0 radical (unpaired) electrons. The van der Waals surface area contributed by atoms with Gasteiger partial charge in [-0.1, -0.05) is 25.3 Å². The van der Waals surface area contributed by atoms with Crippen molar-refractivity contribution in [3.63, 3.8) is 0 Å². The number of ether oxygens (including phenoxy) is 1. The van der Waals surface area contributed by atoms with Gasteiger partial charge in [0.1, 0.15) is 0 Å². The summed E-state index contributed by atoms with van der Waals surface area (Å²) in [5.74, 6) is 0.632. The third kappa shape index (κ3) is 3.05. The predicted molar refractivity (Wildman–Crippen MR) is 60.7 cm³/mol. The van der Waals surface area contributed by atoms with Gasteiger partial charge in [0.2, 0.25) is 0 Å². The monoisotopic (exact) mass is 210 g/mol. The van der Waals surface area contributed by atoms with Crippen molar-refractivity contribution in [3.05, 3.63) is 11.6 Å². The SMILES string of the molecule is OC/C(=C/C1CCCO1)C1CCCCC1. The van der Waals surface area contributed by atoms with Gasteiger partial charge in [-0.3, -0.25) is 0 Å². The quantitative estimate of drug-likeness (QED) is 0.726. The summed E-state index contributed by atoms with van der Waals surface area (Å²) in [6.45, 7) is 1.12. The molecule has 2 nitrogen and oxygen atoms in total. The standard InChI is InChI=1S/C13H22O2/c14-10-12(9-13-7-4-8-15-13)11-5-2-1-3-6-11/h9,11,13-14H,1-8,10H2/b12-9-. The second kappa shape index (κ2) is 5.66. The van der Waals surface area contributed by atoms with Crippen LogP contribution in [0.5, 0.6) is 0 Å². The van der Waals surface area contributed by atoms with Gasteiger partial charge >= 0.3 is 0 Å². The lowest BCUT2D eigenvalue weighted by Gasteiger charge is -2.24. The summed E-state index contributed by atoms with van der Waals surface area (Å²) in [6.07, 6.45) is 11.3. The van der Waals surface area contributed by atoms with E-state index in [0.29, 0.717) is 5.92 Å². The van der Waals surface area contributed by atoms with E-state index in [4.69, 9.17) is 4.74 Å². The maximum atomic E-state index is 9.41. The highest BCUT2D eigenvalue weighted by molar-refractivity contribution is 5.11. The predicted octanol–water partition coefficient (Wildman–Crippen LogP) is 2.66. The maximum Gasteiger partial charge on any atom is 0.0760 e. The lowest BCUT2D eigenvalue weighted by atomic mass is 9.83. The molecule has 2 fully saturated rings. The molecule has 1 aliphatic carbocycles. The number of hydrogen-bond donors (Lipinski definition) is 1. The van der Waals surface area contributed by atoms with Crippen molar-refractivity contribution in [2.24, 2.45) is 5.92 Å². The molecule has 1 aliphatic heterocycles. The number of rotatable bonds is 3. The molecular formula is C13H22O2. The molecule has 0 aromatic rings. The summed E-state index contributed by atoms with van der Waals surface area (Å²) >= 11 is 0. The average Bonchev–Trinajstić information content (AvgIpc) is 2.80. The molecule has 1 saturated heterocycles. The Hall–Kier alpha value is -0.340. The summed E-state index contributed by atoms with van der Waals surface area (Å²) in [5.41, 5.74) is 1.24. The molecule has 1 N–H and O–H groups in total. The van der Waals surface area contributed by atoms with Crippen LogP contribution in [0.15, 0.2) is 11.6 Å². The third-order valence-electron chi connectivity index (χ3n) is 3.68. The Balaban J connectivity index is 1.94. The molecule has 0 aromatic heterocycles. The van der Waals surface area contributed by atoms with Crippen molar-refractivity contribution in [3.8, 4) is 0 Å². The molecular weight excluding hydrogens is 188 g/mol. The molecule has 15 heavy (non-hydrogen) atoms. The molecule has 2 aliphatic rings. The van der Waals surface area contributed by atoms with E-state index in [-0.39, 0.29) is 12.7 Å². The van der Waals surface area contributed by atoms with Gasteiger partial charge in [-0.15, -0.1) is 0 Å². The summed E-state index contributed by atoms with van der Waals surface area (Å²) in [6, 6.07) is 0. The first-order valence-corrected chi connectivity index (χ1v) is 6.33. The molecule has 2 rings (SSSR count). The first-order valence-electron chi connectivity index (χ1n) is 6.33. The zero-order valence-electron chi connectivity index (χ0n) is 9.45. The minimum atomic E-state index is 0.227. The van der Waals surface area contributed by atoms with E-state index in [2.05, 4.69) is 6.08 Å². The van der Waals surface area contributed by atoms with E-state index in [9.17, 15) is 5.11 Å². The lowest BCUT2D eigenvalue weighted by molar-refractivity contribution is 0.143. The van der Waals surface area contributed by atoms with E-state index in [1.165, 1.54) is 44.1 Å². The van der Waals surface area contributed by atoms with Crippen molar-refractivity contribution in [2.45, 2.75) is 51.0 Å². The Labute approximate surface area is 92.3 Å². The highest BCUT2D eigenvalue weighted by atomic mass is 16.5. The third-order valence-corrected chi connectivity index (χ3v) is 3.68. The summed E-state index contributed by atoms with van der Waals surface area (Å²) in [4.78, 5) is 0. The van der Waals surface area contributed by atoms with Gasteiger partial charge in [-0.05, 0) is 37.2 Å². The lowest BCUT2D eigenvalue weighted by Crippen LogP contribution is -2.14. The molecule has 0 bridgehead atoms. The zero-order chi connectivity index (χ0) is 10.5. The van der Waals surface area contributed by atoms with Crippen molar-refractivity contribution < 1.29 is 9.84 Å². The van der Waals surface area contributed by atoms with Gasteiger partial charge in [0.25, 0.3) is 0 Å². The Morgan fingerprint density at radius 3 is 2.53 bits per heavy atom. The molecule has 1 unspecified atom stereocenters.